The lowest BCUT2D eigenvalue weighted by Crippen LogP contribution is -2.53. The lowest BCUT2D eigenvalue weighted by atomic mass is 9.72. The first-order valence-electron chi connectivity index (χ1n) is 10.0. The number of piperidine rings is 2. The van der Waals surface area contributed by atoms with Gasteiger partial charge in [-0.2, -0.15) is 0 Å². The van der Waals surface area contributed by atoms with Crippen molar-refractivity contribution in [2.24, 2.45) is 5.41 Å². The molecule has 0 N–H and O–H groups in total. The maximum atomic E-state index is 12.9. The van der Waals surface area contributed by atoms with Crippen molar-refractivity contribution in [3.8, 4) is 0 Å². The first-order valence-corrected chi connectivity index (χ1v) is 10.0. The van der Waals surface area contributed by atoms with Gasteiger partial charge in [0.05, 0.1) is 0 Å². The average molecular weight is 376 g/mol. The molecule has 2 aliphatic heterocycles. The molecule has 2 saturated heterocycles. The number of imidazole rings is 1. The molecule has 3 heterocycles. The molecule has 27 heavy (non-hydrogen) atoms. The van der Waals surface area contributed by atoms with Crippen LogP contribution in [0.15, 0.2) is 12.4 Å². The summed E-state index contributed by atoms with van der Waals surface area (Å²) in [5.41, 5.74) is 0.186. The highest BCUT2D eigenvalue weighted by atomic mass is 16.2. The van der Waals surface area contributed by atoms with Gasteiger partial charge in [-0.05, 0) is 52.6 Å². The Morgan fingerprint density at radius 2 is 2.00 bits per heavy atom. The van der Waals surface area contributed by atoms with Gasteiger partial charge in [0.25, 0.3) is 0 Å². The number of hydrogen-bond acceptors (Lipinski definition) is 4. The van der Waals surface area contributed by atoms with E-state index < -0.39 is 0 Å². The zero-order valence-corrected chi connectivity index (χ0v) is 17.1. The second-order valence-corrected chi connectivity index (χ2v) is 8.50. The minimum Gasteiger partial charge on any atom is -0.341 e. The summed E-state index contributed by atoms with van der Waals surface area (Å²) >= 11 is 0. The van der Waals surface area contributed by atoms with Gasteiger partial charge in [0.2, 0.25) is 11.8 Å². The summed E-state index contributed by atoms with van der Waals surface area (Å²) in [7, 11) is 4.08. The molecule has 1 spiro atoms. The maximum Gasteiger partial charge on any atom is 0.245 e. The molecule has 0 aromatic carbocycles. The number of rotatable bonds is 5. The molecule has 7 nitrogen and oxygen atoms in total. The van der Waals surface area contributed by atoms with E-state index in [1.54, 1.807) is 6.20 Å². The number of aryl methyl sites for hydroxylation is 1. The van der Waals surface area contributed by atoms with E-state index in [9.17, 15) is 9.59 Å². The predicted octanol–water partition coefficient (Wildman–Crippen LogP) is 1.55. The monoisotopic (exact) mass is 375 g/mol. The first kappa shape index (κ1) is 19.9. The fourth-order valence-corrected chi connectivity index (χ4v) is 4.42. The van der Waals surface area contributed by atoms with E-state index in [1.165, 1.54) is 0 Å². The van der Waals surface area contributed by atoms with Crippen LogP contribution in [0, 0.1) is 12.3 Å². The molecule has 150 valence electrons. The Morgan fingerprint density at radius 1 is 1.30 bits per heavy atom. The normalized spacial score (nSPS) is 21.1. The molecule has 1 aromatic rings. The number of likely N-dealkylation sites (tertiary alicyclic amines) is 2. The van der Waals surface area contributed by atoms with Gasteiger partial charge in [0.15, 0.2) is 0 Å². The second kappa shape index (κ2) is 8.00. The predicted molar refractivity (Wildman–Crippen MR) is 104 cm³/mol. The first-order chi connectivity index (χ1) is 12.8. The smallest absolute Gasteiger partial charge is 0.245 e. The highest BCUT2D eigenvalue weighted by Crippen LogP contribution is 2.40. The average Bonchev–Trinajstić information content (AvgIpc) is 3.08. The van der Waals surface area contributed by atoms with Crippen LogP contribution in [0.25, 0.3) is 0 Å². The van der Waals surface area contributed by atoms with Gasteiger partial charge in [0.1, 0.15) is 11.9 Å². The van der Waals surface area contributed by atoms with Crippen LogP contribution in [0.1, 0.15) is 44.5 Å². The van der Waals surface area contributed by atoms with Crippen molar-refractivity contribution < 1.29 is 9.59 Å². The third kappa shape index (κ3) is 4.34. The minimum atomic E-state index is -0.217. The third-order valence-corrected chi connectivity index (χ3v) is 6.34. The molecule has 2 fully saturated rings. The highest BCUT2D eigenvalue weighted by Gasteiger charge is 2.42. The number of likely N-dealkylation sites (N-methyl/N-ethyl adjacent to an activating group) is 1. The van der Waals surface area contributed by atoms with Gasteiger partial charge in [-0.1, -0.05) is 0 Å². The minimum absolute atomic E-state index is 0.169. The van der Waals surface area contributed by atoms with Gasteiger partial charge in [-0.25, -0.2) is 4.98 Å². The molecule has 2 amide bonds. The van der Waals surface area contributed by atoms with E-state index in [4.69, 9.17) is 0 Å². The molecule has 1 atom stereocenters. The van der Waals surface area contributed by atoms with Crippen molar-refractivity contribution in [3.63, 3.8) is 0 Å². The molecule has 0 saturated carbocycles. The van der Waals surface area contributed by atoms with Gasteiger partial charge >= 0.3 is 0 Å². The molecule has 0 unspecified atom stereocenters. The van der Waals surface area contributed by atoms with Crippen molar-refractivity contribution in [3.05, 3.63) is 18.2 Å². The maximum absolute atomic E-state index is 12.9. The SMILES string of the molecule is Cc1nccn1[C@H](C)C(=O)N1CCC2(CCC(=O)N(CCN(C)C)C2)CC1. The largest absolute Gasteiger partial charge is 0.341 e. The fraction of sp³-hybridized carbons (Fsp3) is 0.750. The number of carbonyl (C=O) groups excluding carboxylic acids is 2. The Morgan fingerprint density at radius 3 is 2.59 bits per heavy atom. The number of aromatic nitrogens is 2. The van der Waals surface area contributed by atoms with Crippen LogP contribution < -0.4 is 0 Å². The van der Waals surface area contributed by atoms with E-state index in [-0.39, 0.29) is 23.3 Å². The van der Waals surface area contributed by atoms with Crippen molar-refractivity contribution in [1.29, 1.82) is 0 Å². The number of carbonyl (C=O) groups is 2. The molecule has 1 aromatic heterocycles. The van der Waals surface area contributed by atoms with Gasteiger partial charge in [-0.3, -0.25) is 9.59 Å². The summed E-state index contributed by atoms with van der Waals surface area (Å²) in [5, 5.41) is 0. The Hall–Kier alpha value is -1.89. The van der Waals surface area contributed by atoms with E-state index >= 15 is 0 Å². The summed E-state index contributed by atoms with van der Waals surface area (Å²) in [4.78, 5) is 35.6. The summed E-state index contributed by atoms with van der Waals surface area (Å²) in [6, 6.07) is -0.217. The van der Waals surface area contributed by atoms with E-state index in [0.29, 0.717) is 6.42 Å². The van der Waals surface area contributed by atoms with Crippen LogP contribution in [-0.2, 0) is 9.59 Å². The van der Waals surface area contributed by atoms with Crippen molar-refractivity contribution >= 4 is 11.8 Å². The van der Waals surface area contributed by atoms with Crippen LogP contribution in [0.5, 0.6) is 0 Å². The van der Waals surface area contributed by atoms with Crippen LogP contribution in [-0.4, -0.2) is 82.9 Å². The standard InChI is InChI=1S/C20H33N5O2/c1-16(25-12-9-21-17(25)2)19(27)23-10-7-20(8-11-23)6-5-18(26)24(15-20)14-13-22(3)4/h9,12,16H,5-8,10-11,13-15H2,1-4H3/t16-/m1/s1. The van der Waals surface area contributed by atoms with Gasteiger partial charge in [-0.15, -0.1) is 0 Å². The Kier molecular flexibility index (Phi) is 5.89. The quantitative estimate of drug-likeness (QED) is 0.783. The summed E-state index contributed by atoms with van der Waals surface area (Å²) in [6.07, 6.45) is 7.19. The van der Waals surface area contributed by atoms with Crippen LogP contribution >= 0.6 is 0 Å². The highest BCUT2D eigenvalue weighted by molar-refractivity contribution is 5.80. The van der Waals surface area contributed by atoms with E-state index in [0.717, 1.165) is 57.8 Å². The lowest BCUT2D eigenvalue weighted by molar-refractivity contribution is -0.143. The summed E-state index contributed by atoms with van der Waals surface area (Å²) in [6.45, 7) is 7.98. The molecule has 0 aliphatic carbocycles. The molecule has 2 aliphatic rings. The topological polar surface area (TPSA) is 61.7 Å². The van der Waals surface area contributed by atoms with Crippen molar-refractivity contribution in [2.45, 2.75) is 45.6 Å². The Bertz CT molecular complexity index is 676. The molecular weight excluding hydrogens is 342 g/mol. The summed E-state index contributed by atoms with van der Waals surface area (Å²) < 4.78 is 1.94. The second-order valence-electron chi connectivity index (χ2n) is 8.50. The molecule has 0 bridgehead atoms. The van der Waals surface area contributed by atoms with Crippen LogP contribution in [0.2, 0.25) is 0 Å². The molecular formula is C20H33N5O2. The molecule has 0 radical (unpaired) electrons. The number of hydrogen-bond donors (Lipinski definition) is 0. The van der Waals surface area contributed by atoms with E-state index in [1.807, 2.05) is 48.5 Å². The molecule has 3 rings (SSSR count). The van der Waals surface area contributed by atoms with Crippen LogP contribution in [0.4, 0.5) is 0 Å². The summed E-state index contributed by atoms with van der Waals surface area (Å²) in [5.74, 6) is 1.32. The lowest BCUT2D eigenvalue weighted by Gasteiger charge is -2.48. The zero-order chi connectivity index (χ0) is 19.6. The number of amides is 2. The Balaban J connectivity index is 1.58. The third-order valence-electron chi connectivity index (χ3n) is 6.34. The van der Waals surface area contributed by atoms with E-state index in [2.05, 4.69) is 9.88 Å². The van der Waals surface area contributed by atoms with Crippen molar-refractivity contribution in [2.75, 3.05) is 46.8 Å². The molecule has 7 heteroatoms. The van der Waals surface area contributed by atoms with Gasteiger partial charge < -0.3 is 19.3 Å². The Labute approximate surface area is 162 Å². The zero-order valence-electron chi connectivity index (χ0n) is 17.1. The van der Waals surface area contributed by atoms with Crippen LogP contribution in [0.3, 0.4) is 0 Å². The van der Waals surface area contributed by atoms with Gasteiger partial charge in [0, 0.05) is 51.5 Å². The fourth-order valence-electron chi connectivity index (χ4n) is 4.42. The number of nitrogens with zero attached hydrogens (tertiary/aromatic N) is 5. The van der Waals surface area contributed by atoms with Crippen molar-refractivity contribution in [1.82, 2.24) is 24.3 Å².